The number of methoxy groups -OCH3 is 1. The third-order valence-electron chi connectivity index (χ3n) is 5.04. The van der Waals surface area contributed by atoms with Crippen LogP contribution in [-0.4, -0.2) is 36.5 Å². The zero-order valence-corrected chi connectivity index (χ0v) is 18.4. The molecule has 0 N–H and O–H groups in total. The van der Waals surface area contributed by atoms with Crippen LogP contribution in [-0.2, 0) is 9.59 Å². The Morgan fingerprint density at radius 3 is 2.47 bits per heavy atom. The van der Waals surface area contributed by atoms with Crippen LogP contribution in [0.3, 0.4) is 0 Å². The Hall–Kier alpha value is -3.07. The molecule has 160 valence electrons. The lowest BCUT2D eigenvalue weighted by atomic mass is 9.93. The van der Waals surface area contributed by atoms with Crippen LogP contribution in [0.5, 0.6) is 11.5 Å². The molecule has 0 spiro atoms. The monoisotopic (exact) mass is 410 g/mol. The molecule has 1 aliphatic rings. The number of rotatable bonds is 9. The van der Waals surface area contributed by atoms with E-state index < -0.39 is 11.8 Å². The number of unbranched alkanes of at least 4 members (excludes halogenated alkanes) is 3. The van der Waals surface area contributed by atoms with Crippen molar-refractivity contribution in [1.82, 2.24) is 4.90 Å². The highest BCUT2D eigenvalue weighted by Gasteiger charge is 2.36. The van der Waals surface area contributed by atoms with Gasteiger partial charge in [-0.3, -0.25) is 14.5 Å². The maximum Gasteiger partial charge on any atom is 0.271 e. The smallest absolute Gasteiger partial charge is 0.271 e. The highest BCUT2D eigenvalue weighted by atomic mass is 16.5. The predicted molar refractivity (Wildman–Crippen MR) is 116 cm³/mol. The Morgan fingerprint density at radius 2 is 1.87 bits per heavy atom. The highest BCUT2D eigenvalue weighted by molar-refractivity contribution is 6.19. The number of carbonyl (C=O) groups is 2. The third-order valence-corrected chi connectivity index (χ3v) is 5.04. The van der Waals surface area contributed by atoms with Gasteiger partial charge >= 0.3 is 0 Å². The van der Waals surface area contributed by atoms with Crippen molar-refractivity contribution >= 4 is 17.9 Å². The van der Waals surface area contributed by atoms with Gasteiger partial charge in [0, 0.05) is 11.6 Å². The highest BCUT2D eigenvalue weighted by Crippen LogP contribution is 2.32. The Balaban J connectivity index is 2.34. The van der Waals surface area contributed by atoms with Crippen molar-refractivity contribution in [2.24, 2.45) is 0 Å². The van der Waals surface area contributed by atoms with Crippen molar-refractivity contribution < 1.29 is 19.1 Å². The summed E-state index contributed by atoms with van der Waals surface area (Å²) in [6, 6.07) is 7.04. The number of ether oxygens (including phenoxy) is 2. The summed E-state index contributed by atoms with van der Waals surface area (Å²) in [7, 11) is 1.57. The second-order valence-electron chi connectivity index (χ2n) is 7.56. The zero-order valence-electron chi connectivity index (χ0n) is 18.4. The molecule has 0 saturated carbocycles. The molecule has 1 aromatic rings. The first-order valence-corrected chi connectivity index (χ1v) is 10.4. The molecule has 0 aliphatic carbocycles. The molecule has 2 rings (SSSR count). The van der Waals surface area contributed by atoms with Crippen molar-refractivity contribution in [2.45, 2.75) is 59.4 Å². The third kappa shape index (κ3) is 5.10. The number of carbonyl (C=O) groups excluding carboxylic acids is 2. The topological polar surface area (TPSA) is 79.6 Å². The van der Waals surface area contributed by atoms with Crippen LogP contribution in [0, 0.1) is 11.3 Å². The maximum absolute atomic E-state index is 12.9. The first-order valence-electron chi connectivity index (χ1n) is 10.4. The predicted octanol–water partition coefficient (Wildman–Crippen LogP) is 4.65. The Bertz CT molecular complexity index is 906. The van der Waals surface area contributed by atoms with Crippen molar-refractivity contribution in [2.75, 3.05) is 13.7 Å². The molecule has 6 heteroatoms. The largest absolute Gasteiger partial charge is 0.493 e. The van der Waals surface area contributed by atoms with Gasteiger partial charge in [-0.05, 0) is 56.5 Å². The van der Waals surface area contributed by atoms with Crippen molar-refractivity contribution in [3.05, 3.63) is 40.5 Å². The molecule has 0 unspecified atom stereocenters. The Kier molecular flexibility index (Phi) is 8.23. The summed E-state index contributed by atoms with van der Waals surface area (Å²) in [6.07, 6.45) is 6.16. The summed E-state index contributed by atoms with van der Waals surface area (Å²) in [4.78, 5) is 26.6. The van der Waals surface area contributed by atoms with Crippen LogP contribution in [0.15, 0.2) is 34.9 Å². The zero-order chi connectivity index (χ0) is 22.3. The van der Waals surface area contributed by atoms with Gasteiger partial charge in [0.25, 0.3) is 11.8 Å². The summed E-state index contributed by atoms with van der Waals surface area (Å²) < 4.78 is 11.3. The van der Waals surface area contributed by atoms with Crippen LogP contribution in [0.25, 0.3) is 6.08 Å². The van der Waals surface area contributed by atoms with Crippen LogP contribution < -0.4 is 9.47 Å². The standard InChI is InChI=1S/C24H30N2O4/c1-6-7-8-9-12-30-21-11-10-18(14-22(21)29-5)13-19-17(4)20(15-25)24(28)26(16(2)3)23(19)27/h10-11,13-14,16H,6-9,12H2,1-5H3/b19-13+. The molecule has 1 aliphatic heterocycles. The van der Waals surface area contributed by atoms with Crippen molar-refractivity contribution in [3.63, 3.8) is 0 Å². The van der Waals surface area contributed by atoms with Gasteiger partial charge in [-0.15, -0.1) is 0 Å². The van der Waals surface area contributed by atoms with E-state index in [0.717, 1.165) is 23.3 Å². The van der Waals surface area contributed by atoms with Crippen LogP contribution in [0.1, 0.15) is 58.9 Å². The molecule has 0 radical (unpaired) electrons. The average molecular weight is 411 g/mol. The number of hydrogen-bond acceptors (Lipinski definition) is 5. The van der Waals surface area contributed by atoms with E-state index in [4.69, 9.17) is 9.47 Å². The van der Waals surface area contributed by atoms with Crippen LogP contribution >= 0.6 is 0 Å². The van der Waals surface area contributed by atoms with Crippen LogP contribution in [0.4, 0.5) is 0 Å². The second-order valence-corrected chi connectivity index (χ2v) is 7.56. The van der Waals surface area contributed by atoms with Gasteiger partial charge in [0.15, 0.2) is 11.5 Å². The molecule has 0 bridgehead atoms. The molecule has 0 fully saturated rings. The maximum atomic E-state index is 12.9. The molecular formula is C24H30N2O4. The fourth-order valence-corrected chi connectivity index (χ4v) is 3.34. The normalized spacial score (nSPS) is 15.8. The van der Waals surface area contributed by atoms with Gasteiger partial charge in [-0.1, -0.05) is 32.3 Å². The quantitative estimate of drug-likeness (QED) is 0.336. The molecule has 0 aromatic heterocycles. The number of nitriles is 1. The molecule has 30 heavy (non-hydrogen) atoms. The van der Waals surface area contributed by atoms with E-state index >= 15 is 0 Å². The average Bonchev–Trinajstić information content (AvgIpc) is 2.71. The minimum atomic E-state index is -0.545. The molecule has 0 saturated heterocycles. The lowest BCUT2D eigenvalue weighted by molar-refractivity contribution is -0.142. The van der Waals surface area contributed by atoms with E-state index in [1.54, 1.807) is 40.0 Å². The fourth-order valence-electron chi connectivity index (χ4n) is 3.34. The summed E-state index contributed by atoms with van der Waals surface area (Å²) in [5.74, 6) is 0.274. The molecule has 2 amide bonds. The van der Waals surface area contributed by atoms with Gasteiger partial charge in [-0.25, -0.2) is 0 Å². The van der Waals surface area contributed by atoms with E-state index in [1.165, 1.54) is 12.8 Å². The van der Waals surface area contributed by atoms with Gasteiger partial charge in [-0.2, -0.15) is 5.26 Å². The van der Waals surface area contributed by atoms with Gasteiger partial charge in [0.1, 0.15) is 11.6 Å². The van der Waals surface area contributed by atoms with E-state index in [9.17, 15) is 14.9 Å². The first-order chi connectivity index (χ1) is 14.3. The molecule has 0 atom stereocenters. The molecule has 1 aromatic carbocycles. The van der Waals surface area contributed by atoms with E-state index in [-0.39, 0.29) is 11.6 Å². The van der Waals surface area contributed by atoms with Crippen molar-refractivity contribution in [1.29, 1.82) is 5.26 Å². The number of benzene rings is 1. The number of imide groups is 1. The van der Waals surface area contributed by atoms with Crippen LogP contribution in [0.2, 0.25) is 0 Å². The fraction of sp³-hybridized carbons (Fsp3) is 0.458. The number of amides is 2. The number of hydrogen-bond donors (Lipinski definition) is 0. The minimum Gasteiger partial charge on any atom is -0.493 e. The minimum absolute atomic E-state index is 0.00597. The van der Waals surface area contributed by atoms with Crippen molar-refractivity contribution in [3.8, 4) is 17.6 Å². The lowest BCUT2D eigenvalue weighted by Crippen LogP contribution is -2.46. The van der Waals surface area contributed by atoms with Gasteiger partial charge < -0.3 is 9.47 Å². The Morgan fingerprint density at radius 1 is 1.13 bits per heavy atom. The Labute approximate surface area is 178 Å². The second kappa shape index (κ2) is 10.6. The molecule has 1 heterocycles. The SMILES string of the molecule is CCCCCCOc1ccc(/C=C2/C(=O)N(C(C)C)C(=O)C(C#N)=C2C)cc1OC. The summed E-state index contributed by atoms with van der Waals surface area (Å²) >= 11 is 0. The summed E-state index contributed by atoms with van der Waals surface area (Å²) in [5.41, 5.74) is 1.44. The lowest BCUT2D eigenvalue weighted by Gasteiger charge is -2.30. The summed E-state index contributed by atoms with van der Waals surface area (Å²) in [5, 5.41) is 9.43. The van der Waals surface area contributed by atoms with Gasteiger partial charge in [0.05, 0.1) is 13.7 Å². The van der Waals surface area contributed by atoms with Gasteiger partial charge in [0.2, 0.25) is 0 Å². The molecule has 6 nitrogen and oxygen atoms in total. The van der Waals surface area contributed by atoms with E-state index in [0.29, 0.717) is 29.3 Å². The van der Waals surface area contributed by atoms with E-state index in [2.05, 4.69) is 6.92 Å². The first kappa shape index (κ1) is 23.2. The van der Waals surface area contributed by atoms with E-state index in [1.807, 2.05) is 18.2 Å². The number of nitrogens with zero attached hydrogens (tertiary/aromatic N) is 2. The summed E-state index contributed by atoms with van der Waals surface area (Å²) in [6.45, 7) is 7.91. The molecular weight excluding hydrogens is 380 g/mol.